The van der Waals surface area contributed by atoms with Crippen LogP contribution in [0.3, 0.4) is 0 Å². The minimum Gasteiger partial charge on any atom is -0.127 e. The molecular formula is C10H19Cl. The topological polar surface area (TPSA) is 0 Å². The fourth-order valence-electron chi connectivity index (χ4n) is 0.851. The molecule has 0 aliphatic carbocycles. The molecular weight excluding hydrogens is 156 g/mol. The highest BCUT2D eigenvalue weighted by molar-refractivity contribution is 6.17. The molecule has 0 aromatic rings. The molecule has 0 heterocycles. The molecule has 0 aliphatic heterocycles. The summed E-state index contributed by atoms with van der Waals surface area (Å²) in [6.45, 7) is 6.67. The second kappa shape index (κ2) is 6.72. The lowest BCUT2D eigenvalue weighted by molar-refractivity contribution is 0.649. The minimum absolute atomic E-state index is 0.645. The number of alkyl halides is 1. The van der Waals surface area contributed by atoms with Crippen molar-refractivity contribution in [2.75, 3.05) is 5.88 Å². The summed E-state index contributed by atoms with van der Waals surface area (Å²) in [6, 6.07) is 0. The van der Waals surface area contributed by atoms with Crippen LogP contribution in [0.1, 0.15) is 33.6 Å². The molecule has 0 nitrogen and oxygen atoms in total. The first-order valence-corrected chi connectivity index (χ1v) is 4.93. The number of hydrogen-bond acceptors (Lipinski definition) is 0. The Bertz CT molecular complexity index is 105. The standard InChI is InChI=1S/C10H19Cl/c1-9(2)5-4-6-10(3)7-8-11/h4,6,9-10H,5,7-8H2,1-3H3/b6-4-/t10-/m1/s1. The van der Waals surface area contributed by atoms with Gasteiger partial charge in [0.25, 0.3) is 0 Å². The summed E-state index contributed by atoms with van der Waals surface area (Å²) >= 11 is 5.60. The smallest absolute Gasteiger partial charge is 0.0228 e. The molecule has 1 heteroatoms. The Balaban J connectivity index is 3.39. The molecule has 0 spiro atoms. The second-order valence-corrected chi connectivity index (χ2v) is 3.89. The van der Waals surface area contributed by atoms with Gasteiger partial charge in [0.15, 0.2) is 0 Å². The molecule has 0 amide bonds. The van der Waals surface area contributed by atoms with Crippen molar-refractivity contribution in [2.24, 2.45) is 11.8 Å². The first-order valence-electron chi connectivity index (χ1n) is 4.39. The average molecular weight is 175 g/mol. The van der Waals surface area contributed by atoms with Crippen LogP contribution in [-0.2, 0) is 0 Å². The van der Waals surface area contributed by atoms with Gasteiger partial charge in [0.05, 0.1) is 0 Å². The predicted octanol–water partition coefficient (Wildman–Crippen LogP) is 3.85. The lowest BCUT2D eigenvalue weighted by Crippen LogP contribution is -1.90. The molecule has 0 aliphatic rings. The summed E-state index contributed by atoms with van der Waals surface area (Å²) in [5.41, 5.74) is 0. The lowest BCUT2D eigenvalue weighted by Gasteiger charge is -2.02. The van der Waals surface area contributed by atoms with Gasteiger partial charge in [-0.2, -0.15) is 0 Å². The van der Waals surface area contributed by atoms with E-state index in [1.165, 1.54) is 6.42 Å². The van der Waals surface area contributed by atoms with Crippen molar-refractivity contribution in [3.63, 3.8) is 0 Å². The Morgan fingerprint density at radius 2 is 1.91 bits per heavy atom. The van der Waals surface area contributed by atoms with E-state index in [0.717, 1.165) is 18.2 Å². The largest absolute Gasteiger partial charge is 0.127 e. The normalized spacial score (nSPS) is 14.6. The van der Waals surface area contributed by atoms with Gasteiger partial charge in [0.1, 0.15) is 0 Å². The number of allylic oxidation sites excluding steroid dienone is 2. The van der Waals surface area contributed by atoms with E-state index in [-0.39, 0.29) is 0 Å². The Labute approximate surface area is 75.6 Å². The summed E-state index contributed by atoms with van der Waals surface area (Å²) in [6.07, 6.45) is 6.81. The quantitative estimate of drug-likeness (QED) is 0.439. The maximum atomic E-state index is 5.60. The highest BCUT2D eigenvalue weighted by atomic mass is 35.5. The first-order chi connectivity index (χ1) is 5.16. The lowest BCUT2D eigenvalue weighted by atomic mass is 10.1. The minimum atomic E-state index is 0.645. The van der Waals surface area contributed by atoms with Gasteiger partial charge in [-0.25, -0.2) is 0 Å². The van der Waals surface area contributed by atoms with E-state index in [1.54, 1.807) is 0 Å². The van der Waals surface area contributed by atoms with Crippen LogP contribution in [0.15, 0.2) is 12.2 Å². The van der Waals surface area contributed by atoms with Crippen molar-refractivity contribution in [1.29, 1.82) is 0 Å². The average Bonchev–Trinajstić information content (AvgIpc) is 1.87. The summed E-state index contributed by atoms with van der Waals surface area (Å²) in [4.78, 5) is 0. The Morgan fingerprint density at radius 3 is 2.36 bits per heavy atom. The highest BCUT2D eigenvalue weighted by Gasteiger charge is 1.94. The Morgan fingerprint density at radius 1 is 1.27 bits per heavy atom. The Kier molecular flexibility index (Phi) is 6.74. The second-order valence-electron chi connectivity index (χ2n) is 3.51. The van der Waals surface area contributed by atoms with E-state index in [0.29, 0.717) is 5.92 Å². The van der Waals surface area contributed by atoms with Gasteiger partial charge >= 0.3 is 0 Å². The molecule has 66 valence electrons. The molecule has 0 fully saturated rings. The zero-order chi connectivity index (χ0) is 8.69. The SMILES string of the molecule is CC(C)C/C=C\[C@@H](C)CCCl. The third kappa shape index (κ3) is 7.93. The molecule has 0 rings (SSSR count). The zero-order valence-electron chi connectivity index (χ0n) is 7.81. The summed E-state index contributed by atoms with van der Waals surface area (Å²) in [5.74, 6) is 2.19. The maximum Gasteiger partial charge on any atom is 0.0228 e. The first kappa shape index (κ1) is 11.0. The van der Waals surface area contributed by atoms with E-state index in [4.69, 9.17) is 11.6 Å². The predicted molar refractivity (Wildman–Crippen MR) is 53.1 cm³/mol. The summed E-state index contributed by atoms with van der Waals surface area (Å²) < 4.78 is 0. The van der Waals surface area contributed by atoms with Crippen molar-refractivity contribution in [3.05, 3.63) is 12.2 Å². The third-order valence-electron chi connectivity index (χ3n) is 1.64. The molecule has 11 heavy (non-hydrogen) atoms. The van der Waals surface area contributed by atoms with Crippen molar-refractivity contribution in [3.8, 4) is 0 Å². The summed E-state index contributed by atoms with van der Waals surface area (Å²) in [5, 5.41) is 0. The molecule has 0 radical (unpaired) electrons. The van der Waals surface area contributed by atoms with Crippen molar-refractivity contribution in [1.82, 2.24) is 0 Å². The van der Waals surface area contributed by atoms with Crippen LogP contribution in [0.25, 0.3) is 0 Å². The fourth-order valence-corrected chi connectivity index (χ4v) is 1.20. The van der Waals surface area contributed by atoms with Crippen LogP contribution < -0.4 is 0 Å². The number of rotatable bonds is 5. The van der Waals surface area contributed by atoms with Gasteiger partial charge in [-0.3, -0.25) is 0 Å². The fraction of sp³-hybridized carbons (Fsp3) is 0.800. The summed E-state index contributed by atoms with van der Waals surface area (Å²) in [7, 11) is 0. The van der Waals surface area contributed by atoms with Crippen molar-refractivity contribution in [2.45, 2.75) is 33.6 Å². The molecule has 0 aromatic heterocycles. The number of hydrogen-bond donors (Lipinski definition) is 0. The van der Waals surface area contributed by atoms with Gasteiger partial charge in [-0.15, -0.1) is 11.6 Å². The van der Waals surface area contributed by atoms with Crippen LogP contribution in [0, 0.1) is 11.8 Å². The third-order valence-corrected chi connectivity index (χ3v) is 1.85. The molecule has 0 bridgehead atoms. The van der Waals surface area contributed by atoms with E-state index < -0.39 is 0 Å². The van der Waals surface area contributed by atoms with E-state index in [9.17, 15) is 0 Å². The van der Waals surface area contributed by atoms with Crippen LogP contribution in [-0.4, -0.2) is 5.88 Å². The van der Waals surface area contributed by atoms with Crippen LogP contribution in [0.4, 0.5) is 0 Å². The highest BCUT2D eigenvalue weighted by Crippen LogP contribution is 2.07. The van der Waals surface area contributed by atoms with Crippen LogP contribution >= 0.6 is 11.6 Å². The van der Waals surface area contributed by atoms with Gasteiger partial charge in [-0.1, -0.05) is 32.9 Å². The molecule has 0 unspecified atom stereocenters. The van der Waals surface area contributed by atoms with Crippen LogP contribution in [0.2, 0.25) is 0 Å². The van der Waals surface area contributed by atoms with Gasteiger partial charge in [0, 0.05) is 5.88 Å². The van der Waals surface area contributed by atoms with Crippen LogP contribution in [0.5, 0.6) is 0 Å². The van der Waals surface area contributed by atoms with E-state index in [2.05, 4.69) is 32.9 Å². The van der Waals surface area contributed by atoms with Crippen molar-refractivity contribution < 1.29 is 0 Å². The Hall–Kier alpha value is 0.0300. The van der Waals surface area contributed by atoms with Gasteiger partial charge in [-0.05, 0) is 24.7 Å². The van der Waals surface area contributed by atoms with E-state index >= 15 is 0 Å². The number of halogens is 1. The zero-order valence-corrected chi connectivity index (χ0v) is 8.56. The van der Waals surface area contributed by atoms with Gasteiger partial charge in [0.2, 0.25) is 0 Å². The van der Waals surface area contributed by atoms with Gasteiger partial charge < -0.3 is 0 Å². The monoisotopic (exact) mass is 174 g/mol. The molecule has 0 saturated heterocycles. The molecule has 0 saturated carbocycles. The molecule has 1 atom stereocenters. The molecule has 0 N–H and O–H groups in total. The maximum absolute atomic E-state index is 5.60. The van der Waals surface area contributed by atoms with E-state index in [1.807, 2.05) is 0 Å². The molecule has 0 aromatic carbocycles. The van der Waals surface area contributed by atoms with Crippen molar-refractivity contribution >= 4 is 11.6 Å².